The molecule has 0 fully saturated rings. The molecule has 0 bridgehead atoms. The van der Waals surface area contributed by atoms with E-state index in [4.69, 9.17) is 9.52 Å². The predicted molar refractivity (Wildman–Crippen MR) is 81.1 cm³/mol. The van der Waals surface area contributed by atoms with Crippen molar-refractivity contribution in [1.82, 2.24) is 5.32 Å². The van der Waals surface area contributed by atoms with Gasteiger partial charge >= 0.3 is 5.97 Å². The van der Waals surface area contributed by atoms with Crippen LogP contribution in [-0.4, -0.2) is 11.1 Å². The molecule has 21 heavy (non-hydrogen) atoms. The summed E-state index contributed by atoms with van der Waals surface area (Å²) in [6, 6.07) is 11.9. The molecule has 4 nitrogen and oxygen atoms in total. The van der Waals surface area contributed by atoms with E-state index in [9.17, 15) is 4.79 Å². The summed E-state index contributed by atoms with van der Waals surface area (Å²) in [6.07, 6.45) is 1.27. The minimum atomic E-state index is -0.972. The van der Waals surface area contributed by atoms with Gasteiger partial charge in [-0.1, -0.05) is 51.1 Å². The van der Waals surface area contributed by atoms with Crippen LogP contribution in [-0.2, 0) is 6.54 Å². The smallest absolute Gasteiger partial charge is 0.338 e. The SMILES string of the molecule is CC(C)(C)C(NCc1cc(C(=O)O)co1)c1ccccc1. The van der Waals surface area contributed by atoms with E-state index in [-0.39, 0.29) is 17.0 Å². The van der Waals surface area contributed by atoms with Crippen LogP contribution in [0.3, 0.4) is 0 Å². The maximum Gasteiger partial charge on any atom is 0.338 e. The Balaban J connectivity index is 2.11. The first-order chi connectivity index (χ1) is 9.88. The van der Waals surface area contributed by atoms with Gasteiger partial charge in [-0.15, -0.1) is 0 Å². The standard InChI is InChI=1S/C17H21NO3/c1-17(2,3)15(12-7-5-4-6-8-12)18-10-14-9-13(11-21-14)16(19)20/h4-9,11,15,18H,10H2,1-3H3,(H,19,20). The third kappa shape index (κ3) is 3.95. The van der Waals surface area contributed by atoms with Crippen LogP contribution in [0.15, 0.2) is 47.1 Å². The largest absolute Gasteiger partial charge is 0.478 e. The van der Waals surface area contributed by atoms with Gasteiger partial charge in [0, 0.05) is 6.04 Å². The molecule has 2 aromatic rings. The summed E-state index contributed by atoms with van der Waals surface area (Å²) >= 11 is 0. The van der Waals surface area contributed by atoms with Gasteiger partial charge in [-0.05, 0) is 17.0 Å². The lowest BCUT2D eigenvalue weighted by atomic mass is 9.82. The van der Waals surface area contributed by atoms with Gasteiger partial charge in [-0.25, -0.2) is 4.79 Å². The summed E-state index contributed by atoms with van der Waals surface area (Å²) in [5.41, 5.74) is 1.41. The maximum absolute atomic E-state index is 10.9. The third-order valence-corrected chi connectivity index (χ3v) is 3.38. The molecule has 4 heteroatoms. The number of carbonyl (C=O) groups is 1. The molecule has 0 aliphatic heterocycles. The Morgan fingerprint density at radius 3 is 2.48 bits per heavy atom. The number of benzene rings is 1. The molecule has 1 heterocycles. The van der Waals surface area contributed by atoms with Gasteiger partial charge in [0.1, 0.15) is 12.0 Å². The van der Waals surface area contributed by atoms with E-state index < -0.39 is 5.97 Å². The van der Waals surface area contributed by atoms with Crippen LogP contribution in [0.5, 0.6) is 0 Å². The minimum absolute atomic E-state index is 0.0313. The van der Waals surface area contributed by atoms with Gasteiger partial charge in [0.05, 0.1) is 12.1 Å². The lowest BCUT2D eigenvalue weighted by molar-refractivity contribution is 0.0696. The first kappa shape index (κ1) is 15.3. The molecule has 0 saturated heterocycles. The Morgan fingerprint density at radius 1 is 1.29 bits per heavy atom. The van der Waals surface area contributed by atoms with Crippen molar-refractivity contribution >= 4 is 5.97 Å². The number of carboxylic acids is 1. The first-order valence-electron chi connectivity index (χ1n) is 6.97. The van der Waals surface area contributed by atoms with E-state index in [1.165, 1.54) is 11.8 Å². The third-order valence-electron chi connectivity index (χ3n) is 3.38. The number of hydrogen-bond donors (Lipinski definition) is 2. The topological polar surface area (TPSA) is 62.5 Å². The van der Waals surface area contributed by atoms with Crippen LogP contribution in [0, 0.1) is 5.41 Å². The molecular formula is C17H21NO3. The van der Waals surface area contributed by atoms with Crippen LogP contribution in [0.25, 0.3) is 0 Å². The Hall–Kier alpha value is -2.07. The van der Waals surface area contributed by atoms with Crippen molar-refractivity contribution in [2.75, 3.05) is 0 Å². The fraction of sp³-hybridized carbons (Fsp3) is 0.353. The molecule has 0 aliphatic rings. The molecule has 1 unspecified atom stereocenters. The zero-order valence-electron chi connectivity index (χ0n) is 12.6. The van der Waals surface area contributed by atoms with Crippen LogP contribution >= 0.6 is 0 Å². The average molecular weight is 287 g/mol. The maximum atomic E-state index is 10.9. The van der Waals surface area contributed by atoms with E-state index in [0.717, 1.165) is 0 Å². The van der Waals surface area contributed by atoms with Crippen molar-refractivity contribution in [3.05, 3.63) is 59.5 Å². The van der Waals surface area contributed by atoms with Gasteiger partial charge in [-0.3, -0.25) is 0 Å². The normalized spacial score (nSPS) is 13.1. The summed E-state index contributed by atoms with van der Waals surface area (Å²) in [7, 11) is 0. The van der Waals surface area contributed by atoms with Crippen molar-refractivity contribution in [2.45, 2.75) is 33.4 Å². The highest BCUT2D eigenvalue weighted by atomic mass is 16.4. The number of rotatable bonds is 5. The van der Waals surface area contributed by atoms with Crippen molar-refractivity contribution in [3.63, 3.8) is 0 Å². The second kappa shape index (κ2) is 6.14. The zero-order valence-corrected chi connectivity index (χ0v) is 12.6. The Kier molecular flexibility index (Phi) is 4.48. The summed E-state index contributed by atoms with van der Waals surface area (Å²) in [4.78, 5) is 10.9. The highest BCUT2D eigenvalue weighted by molar-refractivity contribution is 5.87. The van der Waals surface area contributed by atoms with Gasteiger partial charge < -0.3 is 14.8 Å². The lowest BCUT2D eigenvalue weighted by Gasteiger charge is -2.32. The summed E-state index contributed by atoms with van der Waals surface area (Å²) in [5, 5.41) is 12.4. The highest BCUT2D eigenvalue weighted by Gasteiger charge is 2.26. The van der Waals surface area contributed by atoms with Gasteiger partial charge in [0.2, 0.25) is 0 Å². The number of furan rings is 1. The second-order valence-electron chi connectivity index (χ2n) is 6.20. The minimum Gasteiger partial charge on any atom is -0.478 e. The Labute approximate surface area is 124 Å². The van der Waals surface area contributed by atoms with E-state index in [1.807, 2.05) is 18.2 Å². The molecule has 2 rings (SSSR count). The molecule has 0 spiro atoms. The number of carboxylic acid groups (broad SMARTS) is 1. The molecule has 112 valence electrons. The van der Waals surface area contributed by atoms with Crippen LogP contribution in [0.2, 0.25) is 0 Å². The molecule has 0 radical (unpaired) electrons. The van der Waals surface area contributed by atoms with E-state index in [2.05, 4.69) is 38.2 Å². The Morgan fingerprint density at radius 2 is 1.95 bits per heavy atom. The first-order valence-corrected chi connectivity index (χ1v) is 6.97. The zero-order chi connectivity index (χ0) is 15.5. The number of aromatic carboxylic acids is 1. The number of nitrogens with one attached hydrogen (secondary N) is 1. The molecule has 1 aromatic heterocycles. The second-order valence-corrected chi connectivity index (χ2v) is 6.20. The molecule has 0 saturated carbocycles. The van der Waals surface area contributed by atoms with Crippen LogP contribution < -0.4 is 5.32 Å². The van der Waals surface area contributed by atoms with Crippen LogP contribution in [0.1, 0.15) is 48.5 Å². The van der Waals surface area contributed by atoms with Crippen molar-refractivity contribution < 1.29 is 14.3 Å². The van der Waals surface area contributed by atoms with Gasteiger partial charge in [-0.2, -0.15) is 0 Å². The molecule has 1 atom stereocenters. The van der Waals surface area contributed by atoms with Gasteiger partial charge in [0.25, 0.3) is 0 Å². The fourth-order valence-electron chi connectivity index (χ4n) is 2.36. The fourth-order valence-corrected chi connectivity index (χ4v) is 2.36. The summed E-state index contributed by atoms with van der Waals surface area (Å²) in [6.45, 7) is 7.00. The van der Waals surface area contributed by atoms with Crippen LogP contribution in [0.4, 0.5) is 0 Å². The molecule has 0 amide bonds. The van der Waals surface area contributed by atoms with Gasteiger partial charge in [0.15, 0.2) is 0 Å². The predicted octanol–water partition coefficient (Wildman–Crippen LogP) is 3.85. The van der Waals surface area contributed by atoms with E-state index in [0.29, 0.717) is 12.3 Å². The van der Waals surface area contributed by atoms with Crippen molar-refractivity contribution in [2.24, 2.45) is 5.41 Å². The molecule has 2 N–H and O–H groups in total. The molecular weight excluding hydrogens is 266 g/mol. The van der Waals surface area contributed by atoms with Crippen molar-refractivity contribution in [1.29, 1.82) is 0 Å². The molecule has 0 aliphatic carbocycles. The highest BCUT2D eigenvalue weighted by Crippen LogP contribution is 2.32. The molecule has 1 aromatic carbocycles. The summed E-state index contributed by atoms with van der Waals surface area (Å²) in [5.74, 6) is -0.349. The summed E-state index contributed by atoms with van der Waals surface area (Å²) < 4.78 is 5.28. The lowest BCUT2D eigenvalue weighted by Crippen LogP contribution is -2.31. The average Bonchev–Trinajstić information content (AvgIpc) is 2.88. The van der Waals surface area contributed by atoms with E-state index >= 15 is 0 Å². The number of hydrogen-bond acceptors (Lipinski definition) is 3. The monoisotopic (exact) mass is 287 g/mol. The van der Waals surface area contributed by atoms with Crippen molar-refractivity contribution in [3.8, 4) is 0 Å². The quantitative estimate of drug-likeness (QED) is 0.876. The Bertz CT molecular complexity index is 596. The van der Waals surface area contributed by atoms with E-state index in [1.54, 1.807) is 6.07 Å².